The second kappa shape index (κ2) is 6.54. The number of phenols is 1. The van der Waals surface area contributed by atoms with E-state index in [0.29, 0.717) is 11.1 Å². The molecule has 2 aromatic carbocycles. The van der Waals surface area contributed by atoms with Crippen LogP contribution in [0.5, 0.6) is 11.5 Å². The number of halogens is 2. The second-order valence-corrected chi connectivity index (χ2v) is 5.17. The number of hydrogen-bond acceptors (Lipinski definition) is 3. The van der Waals surface area contributed by atoms with Crippen LogP contribution in [0.2, 0.25) is 0 Å². The first kappa shape index (κ1) is 15.3. The predicted octanol–water partition coefficient (Wildman–Crippen LogP) is 4.20. The number of aromatic hydroxyl groups is 1. The van der Waals surface area contributed by atoms with Crippen LogP contribution in [0.25, 0.3) is 6.08 Å². The Labute approximate surface area is 129 Å². The smallest absolute Gasteiger partial charge is 0.185 e. The SMILES string of the molecule is COc1cc(C(=O)/C=C/c2cc(Br)ccc2F)ccc1O. The number of ketones is 1. The zero-order valence-corrected chi connectivity index (χ0v) is 12.7. The van der Waals surface area contributed by atoms with Crippen LogP contribution in [0, 0.1) is 5.82 Å². The number of benzene rings is 2. The van der Waals surface area contributed by atoms with E-state index >= 15 is 0 Å². The van der Waals surface area contributed by atoms with E-state index in [1.165, 1.54) is 43.5 Å². The largest absolute Gasteiger partial charge is 0.504 e. The summed E-state index contributed by atoms with van der Waals surface area (Å²) in [5.41, 5.74) is 0.653. The average molecular weight is 351 g/mol. The summed E-state index contributed by atoms with van der Waals surface area (Å²) in [7, 11) is 1.40. The molecule has 0 heterocycles. The molecule has 0 saturated carbocycles. The molecule has 0 atom stereocenters. The van der Waals surface area contributed by atoms with Gasteiger partial charge in [-0.3, -0.25) is 4.79 Å². The summed E-state index contributed by atoms with van der Waals surface area (Å²) >= 11 is 3.25. The van der Waals surface area contributed by atoms with Gasteiger partial charge in [0.15, 0.2) is 17.3 Å². The second-order valence-electron chi connectivity index (χ2n) is 4.25. The molecule has 0 aliphatic heterocycles. The number of phenolic OH excluding ortho intramolecular Hbond substituents is 1. The molecule has 2 aromatic rings. The third kappa shape index (κ3) is 3.70. The Morgan fingerprint density at radius 3 is 2.76 bits per heavy atom. The van der Waals surface area contributed by atoms with Gasteiger partial charge in [-0.2, -0.15) is 0 Å². The molecule has 0 amide bonds. The van der Waals surface area contributed by atoms with E-state index in [2.05, 4.69) is 15.9 Å². The standard InChI is InChI=1S/C16H12BrFO3/c1-21-16-9-11(3-7-15(16)20)14(19)6-2-10-8-12(17)4-5-13(10)18/h2-9,20H,1H3/b6-2+. The Balaban J connectivity index is 2.25. The van der Waals surface area contributed by atoms with Gasteiger partial charge in [-0.15, -0.1) is 0 Å². The molecule has 0 aliphatic carbocycles. The monoisotopic (exact) mass is 350 g/mol. The molecule has 21 heavy (non-hydrogen) atoms. The van der Waals surface area contributed by atoms with E-state index in [1.807, 2.05) is 0 Å². The van der Waals surface area contributed by atoms with Gasteiger partial charge in [0.05, 0.1) is 7.11 Å². The lowest BCUT2D eigenvalue weighted by Gasteiger charge is -2.04. The minimum Gasteiger partial charge on any atom is -0.504 e. The van der Waals surface area contributed by atoms with Crippen molar-refractivity contribution in [2.24, 2.45) is 0 Å². The average Bonchev–Trinajstić information content (AvgIpc) is 2.48. The molecule has 0 radical (unpaired) electrons. The van der Waals surface area contributed by atoms with Gasteiger partial charge < -0.3 is 9.84 Å². The lowest BCUT2D eigenvalue weighted by Crippen LogP contribution is -1.95. The van der Waals surface area contributed by atoms with Crippen LogP contribution in [0.1, 0.15) is 15.9 Å². The van der Waals surface area contributed by atoms with Gasteiger partial charge in [0.2, 0.25) is 0 Å². The molecule has 0 spiro atoms. The third-order valence-corrected chi connectivity index (χ3v) is 3.33. The third-order valence-electron chi connectivity index (χ3n) is 2.84. The maximum atomic E-state index is 13.6. The Hall–Kier alpha value is -2.14. The lowest BCUT2D eigenvalue weighted by molar-refractivity contribution is 0.104. The van der Waals surface area contributed by atoms with Crippen LogP contribution in [0.15, 0.2) is 46.9 Å². The Morgan fingerprint density at radius 1 is 1.29 bits per heavy atom. The van der Waals surface area contributed by atoms with E-state index in [9.17, 15) is 14.3 Å². The first-order valence-corrected chi connectivity index (χ1v) is 6.85. The van der Waals surface area contributed by atoms with Crippen LogP contribution in [0.3, 0.4) is 0 Å². The van der Waals surface area contributed by atoms with Crippen molar-refractivity contribution in [3.63, 3.8) is 0 Å². The van der Waals surface area contributed by atoms with Gasteiger partial charge in [0.1, 0.15) is 5.82 Å². The lowest BCUT2D eigenvalue weighted by atomic mass is 10.1. The van der Waals surface area contributed by atoms with E-state index in [0.717, 1.165) is 4.47 Å². The summed E-state index contributed by atoms with van der Waals surface area (Å²) in [6, 6.07) is 8.76. The Bertz CT molecular complexity index is 711. The molecule has 0 saturated heterocycles. The number of hydrogen-bond donors (Lipinski definition) is 1. The van der Waals surface area contributed by atoms with Crippen molar-refractivity contribution >= 4 is 27.8 Å². The highest BCUT2D eigenvalue weighted by molar-refractivity contribution is 9.10. The van der Waals surface area contributed by atoms with Crippen LogP contribution in [-0.2, 0) is 0 Å². The first-order valence-electron chi connectivity index (χ1n) is 6.05. The zero-order chi connectivity index (χ0) is 15.4. The maximum Gasteiger partial charge on any atom is 0.185 e. The summed E-state index contributed by atoms with van der Waals surface area (Å²) in [4.78, 5) is 12.0. The van der Waals surface area contributed by atoms with Crippen LogP contribution < -0.4 is 4.74 Å². The number of carbonyl (C=O) groups is 1. The number of rotatable bonds is 4. The van der Waals surface area contributed by atoms with Crippen molar-refractivity contribution in [2.45, 2.75) is 0 Å². The zero-order valence-electron chi connectivity index (χ0n) is 11.1. The molecule has 1 N–H and O–H groups in total. The van der Waals surface area contributed by atoms with Gasteiger partial charge in [0.25, 0.3) is 0 Å². The van der Waals surface area contributed by atoms with Crippen molar-refractivity contribution < 1.29 is 19.0 Å². The number of allylic oxidation sites excluding steroid dienone is 1. The van der Waals surface area contributed by atoms with Crippen molar-refractivity contribution in [1.82, 2.24) is 0 Å². The highest BCUT2D eigenvalue weighted by atomic mass is 79.9. The van der Waals surface area contributed by atoms with Crippen LogP contribution in [-0.4, -0.2) is 18.0 Å². The summed E-state index contributed by atoms with van der Waals surface area (Å²) < 4.78 is 19.2. The highest BCUT2D eigenvalue weighted by Gasteiger charge is 2.08. The topological polar surface area (TPSA) is 46.5 Å². The maximum absolute atomic E-state index is 13.6. The minimum atomic E-state index is -0.412. The summed E-state index contributed by atoms with van der Waals surface area (Å²) in [6.45, 7) is 0. The molecule has 5 heteroatoms. The van der Waals surface area contributed by atoms with E-state index in [1.54, 1.807) is 12.1 Å². The quantitative estimate of drug-likeness (QED) is 0.663. The molecule has 0 bridgehead atoms. The van der Waals surface area contributed by atoms with Gasteiger partial charge in [-0.1, -0.05) is 15.9 Å². The molecule has 3 nitrogen and oxygen atoms in total. The summed E-state index contributed by atoms with van der Waals surface area (Å²) in [5.74, 6) is -0.558. The predicted molar refractivity (Wildman–Crippen MR) is 82.1 cm³/mol. The highest BCUT2D eigenvalue weighted by Crippen LogP contribution is 2.26. The molecule has 0 fully saturated rings. The van der Waals surface area contributed by atoms with Gasteiger partial charge in [0, 0.05) is 15.6 Å². The molecule has 0 unspecified atom stereocenters. The molecular weight excluding hydrogens is 339 g/mol. The van der Waals surface area contributed by atoms with E-state index in [-0.39, 0.29) is 17.3 Å². The molecule has 108 valence electrons. The Kier molecular flexibility index (Phi) is 4.75. The molecular formula is C16H12BrFO3. The van der Waals surface area contributed by atoms with Crippen molar-refractivity contribution in [3.8, 4) is 11.5 Å². The van der Waals surface area contributed by atoms with Crippen LogP contribution in [0.4, 0.5) is 4.39 Å². The molecule has 2 rings (SSSR count). The number of carbonyl (C=O) groups excluding carboxylic acids is 1. The molecule has 0 aliphatic rings. The Morgan fingerprint density at radius 2 is 2.05 bits per heavy atom. The fourth-order valence-corrected chi connectivity index (χ4v) is 2.11. The summed E-state index contributed by atoms with van der Waals surface area (Å²) in [6.07, 6.45) is 2.68. The minimum absolute atomic E-state index is 0.0453. The fourth-order valence-electron chi connectivity index (χ4n) is 1.73. The number of ether oxygens (including phenoxy) is 1. The van der Waals surface area contributed by atoms with Gasteiger partial charge in [-0.05, 0) is 48.6 Å². The fraction of sp³-hybridized carbons (Fsp3) is 0.0625. The van der Waals surface area contributed by atoms with Gasteiger partial charge >= 0.3 is 0 Å². The molecule has 0 aromatic heterocycles. The summed E-state index contributed by atoms with van der Waals surface area (Å²) in [5, 5.41) is 9.48. The van der Waals surface area contributed by atoms with E-state index in [4.69, 9.17) is 4.74 Å². The first-order chi connectivity index (χ1) is 10.0. The van der Waals surface area contributed by atoms with Crippen molar-refractivity contribution in [3.05, 3.63) is 63.9 Å². The van der Waals surface area contributed by atoms with Crippen LogP contribution >= 0.6 is 15.9 Å². The van der Waals surface area contributed by atoms with Gasteiger partial charge in [-0.25, -0.2) is 4.39 Å². The van der Waals surface area contributed by atoms with Crippen molar-refractivity contribution in [1.29, 1.82) is 0 Å². The normalized spacial score (nSPS) is 10.8. The van der Waals surface area contributed by atoms with E-state index < -0.39 is 5.82 Å². The number of methoxy groups -OCH3 is 1. The van der Waals surface area contributed by atoms with Crippen molar-refractivity contribution in [2.75, 3.05) is 7.11 Å².